The zero-order valence-corrected chi connectivity index (χ0v) is 9.87. The fourth-order valence-corrected chi connectivity index (χ4v) is 1.76. The van der Waals surface area contributed by atoms with Crippen molar-refractivity contribution in [2.24, 2.45) is 0 Å². The average molecular weight is 204 g/mol. The molecule has 0 amide bonds. The van der Waals surface area contributed by atoms with Crippen molar-refractivity contribution in [2.75, 3.05) is 31.1 Å². The molecule has 0 fully saturated rings. The summed E-state index contributed by atoms with van der Waals surface area (Å²) in [6.45, 7) is 5.70. The van der Waals surface area contributed by atoms with Crippen LogP contribution in [0.15, 0.2) is 12.2 Å². The number of carbonyl (C=O) groups is 1. The van der Waals surface area contributed by atoms with Crippen molar-refractivity contribution in [3.05, 3.63) is 12.2 Å². The molecule has 78 valence electrons. The Balaban J connectivity index is 3.47. The Morgan fingerprint density at radius 3 is 2.31 bits per heavy atom. The summed E-state index contributed by atoms with van der Waals surface area (Å²) in [6.07, 6.45) is 7.73. The van der Waals surface area contributed by atoms with Crippen LogP contribution in [0.3, 0.4) is 0 Å². The lowest BCUT2D eigenvalue weighted by Gasteiger charge is -2.24. The van der Waals surface area contributed by atoms with E-state index in [4.69, 9.17) is 4.74 Å². The van der Waals surface area contributed by atoms with Crippen LogP contribution < -0.4 is 0 Å². The smallest absolute Gasteiger partial charge is 0.333 e. The minimum atomic E-state index is -0.456. The molecule has 0 aromatic carbocycles. The van der Waals surface area contributed by atoms with Crippen molar-refractivity contribution in [2.45, 2.75) is 13.3 Å². The molecule has 0 aromatic rings. The fourth-order valence-electron chi connectivity index (χ4n) is 0.780. The summed E-state index contributed by atoms with van der Waals surface area (Å²) in [4.78, 5) is 11.0. The molecule has 0 aliphatic heterocycles. The average Bonchev–Trinajstić information content (AvgIpc) is 1.95. The van der Waals surface area contributed by atoms with Gasteiger partial charge >= 0.3 is 5.97 Å². The number of hydrogen-bond acceptors (Lipinski definition) is 2. The fraction of sp³-hybridized carbons (Fsp3) is 0.700. The third-order valence-electron chi connectivity index (χ3n) is 1.48. The van der Waals surface area contributed by atoms with Gasteiger partial charge in [-0.15, -0.1) is 0 Å². The highest BCUT2D eigenvalue weighted by molar-refractivity contribution is 8.32. The van der Waals surface area contributed by atoms with Crippen molar-refractivity contribution in [3.63, 3.8) is 0 Å². The first-order valence-corrected chi connectivity index (χ1v) is 7.34. The van der Waals surface area contributed by atoms with Gasteiger partial charge in [0.05, 0.1) is 6.61 Å². The number of esters is 1. The van der Waals surface area contributed by atoms with E-state index < -0.39 is 10.0 Å². The van der Waals surface area contributed by atoms with Crippen LogP contribution in [0.2, 0.25) is 0 Å². The number of ether oxygens (including phenoxy) is 1. The summed E-state index contributed by atoms with van der Waals surface area (Å²) in [5, 5.41) is 0. The van der Waals surface area contributed by atoms with Gasteiger partial charge in [0.25, 0.3) is 0 Å². The van der Waals surface area contributed by atoms with E-state index in [1.165, 1.54) is 0 Å². The van der Waals surface area contributed by atoms with Crippen LogP contribution in [0, 0.1) is 0 Å². The summed E-state index contributed by atoms with van der Waals surface area (Å²) in [7, 11) is -0.456. The molecule has 0 aromatic heterocycles. The minimum Gasteiger partial charge on any atom is -0.462 e. The quantitative estimate of drug-likeness (QED) is 0.390. The summed E-state index contributed by atoms with van der Waals surface area (Å²) in [5.41, 5.74) is 0.475. The molecule has 0 unspecified atom stereocenters. The molecule has 0 heterocycles. The third-order valence-corrected chi connectivity index (χ3v) is 3.00. The van der Waals surface area contributed by atoms with Crippen molar-refractivity contribution in [3.8, 4) is 0 Å². The van der Waals surface area contributed by atoms with E-state index in [-0.39, 0.29) is 5.97 Å². The summed E-state index contributed by atoms with van der Waals surface area (Å²) in [5.74, 6) is 0.875. The zero-order valence-electron chi connectivity index (χ0n) is 9.05. The summed E-state index contributed by atoms with van der Waals surface area (Å²) in [6, 6.07) is 0. The standard InChI is InChI=1S/C10H20O2S/c1-9(2)10(11)12-7-6-8-13(3,4)5/h1,6-8H2,2-5H3. The lowest BCUT2D eigenvalue weighted by Crippen LogP contribution is -2.09. The van der Waals surface area contributed by atoms with E-state index in [9.17, 15) is 4.79 Å². The van der Waals surface area contributed by atoms with Crippen LogP contribution >= 0.6 is 10.0 Å². The Labute approximate surface area is 82.7 Å². The van der Waals surface area contributed by atoms with Gasteiger partial charge in [0.2, 0.25) is 0 Å². The van der Waals surface area contributed by atoms with E-state index in [1.807, 2.05) is 0 Å². The van der Waals surface area contributed by atoms with Gasteiger partial charge in [-0.2, -0.15) is 0 Å². The van der Waals surface area contributed by atoms with E-state index in [0.29, 0.717) is 12.2 Å². The van der Waals surface area contributed by atoms with Gasteiger partial charge in [0.15, 0.2) is 0 Å². The third kappa shape index (κ3) is 7.91. The predicted octanol–water partition coefficient (Wildman–Crippen LogP) is 2.19. The van der Waals surface area contributed by atoms with Crippen molar-refractivity contribution >= 4 is 16.0 Å². The minimum absolute atomic E-state index is 0.274. The molecular formula is C10H20O2S. The highest BCUT2D eigenvalue weighted by Gasteiger charge is 2.05. The Hall–Kier alpha value is -0.440. The maximum absolute atomic E-state index is 11.0. The van der Waals surface area contributed by atoms with E-state index >= 15 is 0 Å². The molecule has 3 heteroatoms. The molecule has 0 saturated heterocycles. The molecule has 0 radical (unpaired) electrons. The van der Waals surface area contributed by atoms with Crippen LogP contribution in [-0.4, -0.2) is 37.1 Å². The molecule has 0 rings (SSSR count). The number of carbonyl (C=O) groups excluding carboxylic acids is 1. The van der Waals surface area contributed by atoms with Crippen molar-refractivity contribution < 1.29 is 9.53 Å². The molecular weight excluding hydrogens is 184 g/mol. The van der Waals surface area contributed by atoms with Gasteiger partial charge in [-0.1, -0.05) is 6.58 Å². The molecule has 0 spiro atoms. The maximum atomic E-state index is 11.0. The zero-order chi connectivity index (χ0) is 10.5. The lowest BCUT2D eigenvalue weighted by atomic mass is 10.4. The predicted molar refractivity (Wildman–Crippen MR) is 60.6 cm³/mol. The van der Waals surface area contributed by atoms with E-state index in [1.54, 1.807) is 6.92 Å². The molecule has 0 atom stereocenters. The largest absolute Gasteiger partial charge is 0.462 e. The number of rotatable bonds is 5. The Morgan fingerprint density at radius 2 is 1.92 bits per heavy atom. The first-order chi connectivity index (χ1) is 5.83. The van der Waals surface area contributed by atoms with Crippen LogP contribution in [0.1, 0.15) is 13.3 Å². The van der Waals surface area contributed by atoms with E-state index in [2.05, 4.69) is 25.3 Å². The molecule has 2 nitrogen and oxygen atoms in total. The van der Waals surface area contributed by atoms with Crippen LogP contribution in [0.4, 0.5) is 0 Å². The second-order valence-corrected chi connectivity index (χ2v) is 8.65. The number of hydrogen-bond donors (Lipinski definition) is 0. The molecule has 0 N–H and O–H groups in total. The van der Waals surface area contributed by atoms with Gasteiger partial charge < -0.3 is 4.74 Å². The molecule has 13 heavy (non-hydrogen) atoms. The Morgan fingerprint density at radius 1 is 1.38 bits per heavy atom. The molecule has 0 saturated carbocycles. The Bertz CT molecular complexity index is 192. The van der Waals surface area contributed by atoms with Gasteiger partial charge in [0.1, 0.15) is 0 Å². The first-order valence-electron chi connectivity index (χ1n) is 4.31. The summed E-state index contributed by atoms with van der Waals surface area (Å²) < 4.78 is 4.97. The van der Waals surface area contributed by atoms with Gasteiger partial charge in [-0.3, -0.25) is 0 Å². The molecule has 0 aliphatic carbocycles. The van der Waals surface area contributed by atoms with E-state index in [0.717, 1.165) is 12.2 Å². The first kappa shape index (κ1) is 12.6. The second kappa shape index (κ2) is 5.32. The normalized spacial score (nSPS) is 12.3. The highest BCUT2D eigenvalue weighted by atomic mass is 32.3. The summed E-state index contributed by atoms with van der Waals surface area (Å²) >= 11 is 0. The van der Waals surface area contributed by atoms with Crippen molar-refractivity contribution in [1.29, 1.82) is 0 Å². The topological polar surface area (TPSA) is 26.3 Å². The van der Waals surface area contributed by atoms with Crippen molar-refractivity contribution in [1.82, 2.24) is 0 Å². The SMILES string of the molecule is C=C(C)C(=O)OCCCS(C)(C)C. The lowest BCUT2D eigenvalue weighted by molar-refractivity contribution is -0.138. The van der Waals surface area contributed by atoms with Crippen LogP contribution in [0.5, 0.6) is 0 Å². The molecule has 0 aliphatic rings. The van der Waals surface area contributed by atoms with Crippen LogP contribution in [-0.2, 0) is 9.53 Å². The van der Waals surface area contributed by atoms with Gasteiger partial charge in [-0.25, -0.2) is 14.8 Å². The molecule has 0 bridgehead atoms. The van der Waals surface area contributed by atoms with Crippen LogP contribution in [0.25, 0.3) is 0 Å². The highest BCUT2D eigenvalue weighted by Crippen LogP contribution is 2.34. The van der Waals surface area contributed by atoms with Gasteiger partial charge in [-0.05, 0) is 37.9 Å². The Kier molecular flexibility index (Phi) is 5.14. The second-order valence-electron chi connectivity index (χ2n) is 4.06. The monoisotopic (exact) mass is 204 g/mol. The van der Waals surface area contributed by atoms with Gasteiger partial charge in [0, 0.05) is 5.57 Å². The maximum Gasteiger partial charge on any atom is 0.333 e.